The van der Waals surface area contributed by atoms with Gasteiger partial charge in [-0.15, -0.1) is 0 Å². The maximum absolute atomic E-state index is 8.86. The molecule has 1 aliphatic heterocycles. The van der Waals surface area contributed by atoms with E-state index >= 15 is 0 Å². The second-order valence-corrected chi connectivity index (χ2v) is 5.06. The zero-order valence-corrected chi connectivity index (χ0v) is 10.5. The van der Waals surface area contributed by atoms with Crippen molar-refractivity contribution in [3.05, 3.63) is 23.9 Å². The van der Waals surface area contributed by atoms with Crippen LogP contribution in [0.5, 0.6) is 0 Å². The SMILES string of the molecule is CC1CN(c2cccc(C#N)n2)CC(C)(C)O1. The number of aromatic nitrogens is 1. The van der Waals surface area contributed by atoms with Gasteiger partial charge in [0.25, 0.3) is 0 Å². The van der Waals surface area contributed by atoms with Gasteiger partial charge in [-0.3, -0.25) is 0 Å². The molecule has 0 bridgehead atoms. The van der Waals surface area contributed by atoms with Gasteiger partial charge in [0, 0.05) is 13.1 Å². The summed E-state index contributed by atoms with van der Waals surface area (Å²) < 4.78 is 5.85. The molecule has 0 radical (unpaired) electrons. The summed E-state index contributed by atoms with van der Waals surface area (Å²) in [5.74, 6) is 0.854. The van der Waals surface area contributed by atoms with E-state index in [2.05, 4.69) is 36.7 Å². The van der Waals surface area contributed by atoms with E-state index in [-0.39, 0.29) is 11.7 Å². The van der Waals surface area contributed by atoms with Crippen LogP contribution in [0.25, 0.3) is 0 Å². The van der Waals surface area contributed by atoms with Gasteiger partial charge in [-0.2, -0.15) is 5.26 Å². The van der Waals surface area contributed by atoms with Crippen LogP contribution in [-0.2, 0) is 4.74 Å². The summed E-state index contributed by atoms with van der Waals surface area (Å²) in [5, 5.41) is 8.86. The molecule has 0 aromatic carbocycles. The average molecular weight is 231 g/mol. The van der Waals surface area contributed by atoms with Crippen LogP contribution in [-0.4, -0.2) is 29.8 Å². The molecule has 2 heterocycles. The molecule has 2 rings (SSSR count). The van der Waals surface area contributed by atoms with E-state index in [0.29, 0.717) is 5.69 Å². The Balaban J connectivity index is 2.24. The molecule has 90 valence electrons. The van der Waals surface area contributed by atoms with Gasteiger partial charge < -0.3 is 9.64 Å². The molecule has 1 aliphatic rings. The van der Waals surface area contributed by atoms with Crippen molar-refractivity contribution in [3.63, 3.8) is 0 Å². The number of hydrogen-bond acceptors (Lipinski definition) is 4. The molecule has 0 saturated carbocycles. The monoisotopic (exact) mass is 231 g/mol. The first-order chi connectivity index (χ1) is 8.00. The minimum absolute atomic E-state index is 0.172. The molecule has 0 spiro atoms. The Labute approximate surface area is 102 Å². The van der Waals surface area contributed by atoms with Crippen molar-refractivity contribution in [2.45, 2.75) is 32.5 Å². The Kier molecular flexibility index (Phi) is 3.03. The summed E-state index contributed by atoms with van der Waals surface area (Å²) in [5.41, 5.74) is 0.279. The van der Waals surface area contributed by atoms with E-state index in [1.54, 1.807) is 6.07 Å². The van der Waals surface area contributed by atoms with Gasteiger partial charge in [0.05, 0.1) is 11.7 Å². The van der Waals surface area contributed by atoms with E-state index in [0.717, 1.165) is 18.9 Å². The topological polar surface area (TPSA) is 49.2 Å². The lowest BCUT2D eigenvalue weighted by molar-refractivity contribution is -0.0751. The minimum Gasteiger partial charge on any atom is -0.369 e. The van der Waals surface area contributed by atoms with Crippen LogP contribution in [0, 0.1) is 11.3 Å². The Hall–Kier alpha value is -1.60. The predicted molar refractivity (Wildman–Crippen MR) is 65.8 cm³/mol. The van der Waals surface area contributed by atoms with Crippen molar-refractivity contribution < 1.29 is 4.74 Å². The molecule has 4 nitrogen and oxygen atoms in total. The summed E-state index contributed by atoms with van der Waals surface area (Å²) in [6, 6.07) is 7.60. The lowest BCUT2D eigenvalue weighted by Crippen LogP contribution is -2.52. The van der Waals surface area contributed by atoms with Gasteiger partial charge in [-0.05, 0) is 32.9 Å². The zero-order valence-electron chi connectivity index (χ0n) is 10.5. The zero-order chi connectivity index (χ0) is 12.5. The first-order valence-electron chi connectivity index (χ1n) is 5.80. The number of hydrogen-bond donors (Lipinski definition) is 0. The van der Waals surface area contributed by atoms with E-state index < -0.39 is 0 Å². The van der Waals surface area contributed by atoms with Crippen molar-refractivity contribution in [3.8, 4) is 6.07 Å². The van der Waals surface area contributed by atoms with Crippen molar-refractivity contribution in [2.24, 2.45) is 0 Å². The third-order valence-electron chi connectivity index (χ3n) is 2.74. The number of rotatable bonds is 1. The first kappa shape index (κ1) is 11.9. The van der Waals surface area contributed by atoms with Crippen LogP contribution in [0.15, 0.2) is 18.2 Å². The lowest BCUT2D eigenvalue weighted by atomic mass is 10.1. The number of ether oxygens (including phenoxy) is 1. The van der Waals surface area contributed by atoms with Crippen molar-refractivity contribution >= 4 is 5.82 Å². The van der Waals surface area contributed by atoms with Gasteiger partial charge >= 0.3 is 0 Å². The minimum atomic E-state index is -0.179. The maximum atomic E-state index is 8.86. The quantitative estimate of drug-likeness (QED) is 0.741. The average Bonchev–Trinajstić information content (AvgIpc) is 2.26. The van der Waals surface area contributed by atoms with E-state index in [1.165, 1.54) is 0 Å². The highest BCUT2D eigenvalue weighted by molar-refractivity contribution is 5.42. The molecule has 1 unspecified atom stereocenters. The lowest BCUT2D eigenvalue weighted by Gasteiger charge is -2.42. The summed E-state index contributed by atoms with van der Waals surface area (Å²) in [7, 11) is 0. The van der Waals surface area contributed by atoms with Crippen molar-refractivity contribution in [1.82, 2.24) is 4.98 Å². The van der Waals surface area contributed by atoms with Crippen LogP contribution in [0.3, 0.4) is 0 Å². The Morgan fingerprint density at radius 1 is 1.53 bits per heavy atom. The fraction of sp³-hybridized carbons (Fsp3) is 0.538. The molecule has 0 aliphatic carbocycles. The smallest absolute Gasteiger partial charge is 0.142 e. The molecule has 4 heteroatoms. The molecule has 17 heavy (non-hydrogen) atoms. The molecule has 1 aromatic rings. The van der Waals surface area contributed by atoms with E-state index in [4.69, 9.17) is 10.00 Å². The number of nitrogens with zero attached hydrogens (tertiary/aromatic N) is 3. The Morgan fingerprint density at radius 3 is 2.94 bits per heavy atom. The standard InChI is InChI=1S/C13H17N3O/c1-10-8-16(9-13(2,3)17-10)12-6-4-5-11(7-14)15-12/h4-6,10H,8-9H2,1-3H3. The molecular formula is C13H17N3O. The van der Waals surface area contributed by atoms with Gasteiger partial charge in [0.1, 0.15) is 17.6 Å². The number of nitriles is 1. The van der Waals surface area contributed by atoms with Gasteiger partial charge in [0.15, 0.2) is 0 Å². The number of morpholine rings is 1. The molecule has 0 amide bonds. The maximum Gasteiger partial charge on any atom is 0.142 e. The summed E-state index contributed by atoms with van der Waals surface area (Å²) >= 11 is 0. The second-order valence-electron chi connectivity index (χ2n) is 5.06. The van der Waals surface area contributed by atoms with Gasteiger partial charge in [-0.1, -0.05) is 6.07 Å². The number of anilines is 1. The highest BCUT2D eigenvalue weighted by Gasteiger charge is 2.31. The van der Waals surface area contributed by atoms with E-state index in [9.17, 15) is 0 Å². The predicted octanol–water partition coefficient (Wildman–Crippen LogP) is 1.96. The molecule has 1 aromatic heterocycles. The highest BCUT2D eigenvalue weighted by Crippen LogP contribution is 2.24. The summed E-state index contributed by atoms with van der Waals surface area (Å²) in [6.07, 6.45) is 0.172. The van der Waals surface area contributed by atoms with Crippen LogP contribution >= 0.6 is 0 Å². The summed E-state index contributed by atoms with van der Waals surface area (Å²) in [6.45, 7) is 7.81. The largest absolute Gasteiger partial charge is 0.369 e. The fourth-order valence-electron chi connectivity index (χ4n) is 2.29. The summed E-state index contributed by atoms with van der Waals surface area (Å²) in [4.78, 5) is 6.50. The Bertz CT molecular complexity index is 450. The van der Waals surface area contributed by atoms with Crippen molar-refractivity contribution in [1.29, 1.82) is 5.26 Å². The fourth-order valence-corrected chi connectivity index (χ4v) is 2.29. The molecule has 1 fully saturated rings. The normalized spacial score (nSPS) is 23.2. The second kappa shape index (κ2) is 4.34. The third-order valence-corrected chi connectivity index (χ3v) is 2.74. The van der Waals surface area contributed by atoms with Crippen molar-refractivity contribution in [2.75, 3.05) is 18.0 Å². The first-order valence-corrected chi connectivity index (χ1v) is 5.80. The Morgan fingerprint density at radius 2 is 2.29 bits per heavy atom. The van der Waals surface area contributed by atoms with Crippen LogP contribution in [0.2, 0.25) is 0 Å². The molecule has 1 atom stereocenters. The van der Waals surface area contributed by atoms with Crippen LogP contribution < -0.4 is 4.90 Å². The third kappa shape index (κ3) is 2.75. The van der Waals surface area contributed by atoms with E-state index in [1.807, 2.05) is 12.1 Å². The van der Waals surface area contributed by atoms with Crippen LogP contribution in [0.1, 0.15) is 26.5 Å². The highest BCUT2D eigenvalue weighted by atomic mass is 16.5. The van der Waals surface area contributed by atoms with Gasteiger partial charge in [-0.25, -0.2) is 4.98 Å². The molecule has 1 saturated heterocycles. The van der Waals surface area contributed by atoms with Crippen LogP contribution in [0.4, 0.5) is 5.82 Å². The molecular weight excluding hydrogens is 214 g/mol. The van der Waals surface area contributed by atoms with Gasteiger partial charge in [0.2, 0.25) is 0 Å². The molecule has 0 N–H and O–H groups in total. The number of pyridine rings is 1.